The number of fused-ring (bicyclic) bond motifs is 4. The van der Waals surface area contributed by atoms with Gasteiger partial charge >= 0.3 is 0 Å². The van der Waals surface area contributed by atoms with E-state index in [4.69, 9.17) is 4.98 Å². The van der Waals surface area contributed by atoms with E-state index in [9.17, 15) is 0 Å². The fourth-order valence-electron chi connectivity index (χ4n) is 8.04. The fraction of sp³-hybridized carbons (Fsp3) is 0. The Labute approximate surface area is 303 Å². The Morgan fingerprint density at radius 1 is 0.250 bits per heavy atom. The molecule has 242 valence electrons. The zero-order valence-corrected chi connectivity index (χ0v) is 28.5. The van der Waals surface area contributed by atoms with Crippen LogP contribution in [0, 0.1) is 0 Å². The van der Waals surface area contributed by atoms with E-state index in [1.54, 1.807) is 0 Å². The van der Waals surface area contributed by atoms with Crippen LogP contribution in [0.3, 0.4) is 0 Å². The molecule has 1 heteroatoms. The molecule has 0 aliphatic rings. The van der Waals surface area contributed by atoms with E-state index < -0.39 is 0 Å². The summed E-state index contributed by atoms with van der Waals surface area (Å²) in [7, 11) is 0. The van der Waals surface area contributed by atoms with Crippen molar-refractivity contribution in [2.45, 2.75) is 0 Å². The predicted molar refractivity (Wildman–Crippen MR) is 221 cm³/mol. The highest BCUT2D eigenvalue weighted by molar-refractivity contribution is 6.25. The molecule has 0 N–H and O–H groups in total. The summed E-state index contributed by atoms with van der Waals surface area (Å²) in [6, 6.07) is 72.4. The van der Waals surface area contributed by atoms with Gasteiger partial charge in [-0.1, -0.05) is 182 Å². The first-order valence-electron chi connectivity index (χ1n) is 17.9. The Bertz CT molecular complexity index is 2870. The molecule has 0 unspecified atom stereocenters. The van der Waals surface area contributed by atoms with Crippen LogP contribution in [-0.4, -0.2) is 4.98 Å². The van der Waals surface area contributed by atoms with Gasteiger partial charge in [-0.2, -0.15) is 0 Å². The van der Waals surface area contributed by atoms with Gasteiger partial charge in [0.25, 0.3) is 0 Å². The zero-order valence-electron chi connectivity index (χ0n) is 28.5. The third kappa shape index (κ3) is 5.06. The van der Waals surface area contributed by atoms with Crippen LogP contribution in [0.4, 0.5) is 0 Å². The highest BCUT2D eigenvalue weighted by Gasteiger charge is 2.20. The molecular weight excluding hydrogens is 627 g/mol. The topological polar surface area (TPSA) is 12.9 Å². The summed E-state index contributed by atoms with van der Waals surface area (Å²) in [4.78, 5) is 5.18. The average Bonchev–Trinajstić information content (AvgIpc) is 3.23. The molecule has 0 aliphatic carbocycles. The molecule has 0 radical (unpaired) electrons. The first-order valence-corrected chi connectivity index (χ1v) is 17.9. The van der Waals surface area contributed by atoms with Crippen LogP contribution in [0.5, 0.6) is 0 Å². The molecular formula is C51H33N. The lowest BCUT2D eigenvalue weighted by atomic mass is 9.83. The van der Waals surface area contributed by atoms with Crippen molar-refractivity contribution < 1.29 is 0 Å². The lowest BCUT2D eigenvalue weighted by Crippen LogP contribution is -1.94. The molecule has 0 aliphatic heterocycles. The number of benzene rings is 9. The van der Waals surface area contributed by atoms with E-state index in [2.05, 4.69) is 200 Å². The fourth-order valence-corrected chi connectivity index (χ4v) is 8.04. The first-order chi connectivity index (χ1) is 25.8. The van der Waals surface area contributed by atoms with Crippen molar-refractivity contribution in [1.29, 1.82) is 0 Å². The number of nitrogens with zero attached hydrogens (tertiary/aromatic N) is 1. The van der Waals surface area contributed by atoms with Crippen LogP contribution < -0.4 is 0 Å². The molecule has 0 spiro atoms. The summed E-state index contributed by atoms with van der Waals surface area (Å²) in [5.41, 5.74) is 11.4. The molecule has 10 rings (SSSR count). The predicted octanol–water partition coefficient (Wildman–Crippen LogP) is 14.0. The molecule has 0 bridgehead atoms. The van der Waals surface area contributed by atoms with Gasteiger partial charge < -0.3 is 0 Å². The highest BCUT2D eigenvalue weighted by Crippen LogP contribution is 2.47. The maximum atomic E-state index is 5.18. The summed E-state index contributed by atoms with van der Waals surface area (Å²) in [5.74, 6) is 0. The summed E-state index contributed by atoms with van der Waals surface area (Å²) >= 11 is 0. The number of hydrogen-bond acceptors (Lipinski definition) is 1. The lowest BCUT2D eigenvalue weighted by molar-refractivity contribution is 1.32. The third-order valence-corrected chi connectivity index (χ3v) is 10.4. The van der Waals surface area contributed by atoms with Crippen molar-refractivity contribution in [3.05, 3.63) is 200 Å². The molecule has 0 saturated heterocycles. The van der Waals surface area contributed by atoms with Crippen molar-refractivity contribution in [2.24, 2.45) is 0 Å². The van der Waals surface area contributed by atoms with Gasteiger partial charge in [0.1, 0.15) is 0 Å². The number of pyridine rings is 1. The average molecular weight is 660 g/mol. The summed E-state index contributed by atoms with van der Waals surface area (Å²) < 4.78 is 0. The van der Waals surface area contributed by atoms with E-state index >= 15 is 0 Å². The van der Waals surface area contributed by atoms with Crippen LogP contribution in [0.15, 0.2) is 200 Å². The second-order valence-electron chi connectivity index (χ2n) is 13.5. The van der Waals surface area contributed by atoms with Gasteiger partial charge in [-0.25, -0.2) is 4.98 Å². The van der Waals surface area contributed by atoms with Gasteiger partial charge in [-0.05, 0) is 94.7 Å². The van der Waals surface area contributed by atoms with Gasteiger partial charge in [0, 0.05) is 11.1 Å². The summed E-state index contributed by atoms with van der Waals surface area (Å²) in [5, 5.41) is 9.96. The molecule has 0 amide bonds. The molecule has 0 saturated carbocycles. The van der Waals surface area contributed by atoms with E-state index in [0.717, 1.165) is 33.6 Å². The highest BCUT2D eigenvalue weighted by atomic mass is 14.7. The molecule has 1 nitrogen and oxygen atoms in total. The Morgan fingerprint density at radius 2 is 0.673 bits per heavy atom. The van der Waals surface area contributed by atoms with Gasteiger partial charge in [-0.3, -0.25) is 0 Å². The van der Waals surface area contributed by atoms with Crippen molar-refractivity contribution in [1.82, 2.24) is 4.98 Å². The summed E-state index contributed by atoms with van der Waals surface area (Å²) in [6.45, 7) is 0. The van der Waals surface area contributed by atoms with E-state index in [-0.39, 0.29) is 0 Å². The quantitative estimate of drug-likeness (QED) is 0.168. The minimum atomic E-state index is 0.960. The molecule has 1 aromatic heterocycles. The Hall–Kier alpha value is -6.83. The number of rotatable bonds is 5. The van der Waals surface area contributed by atoms with Gasteiger partial charge in [0.15, 0.2) is 0 Å². The van der Waals surface area contributed by atoms with Crippen molar-refractivity contribution in [3.8, 4) is 55.9 Å². The standard InChI is InChI=1S/C51H33N/c1-3-17-36(18-4-1)48-32-39(33-49(52-48)37-19-5-2-6-20-37)38-29-30-46-47(31-38)51(43-28-14-22-35-16-8-10-24-41(35)43)45-26-12-11-25-44(45)50(46)42-27-13-21-34-15-7-9-23-40(34)42/h1-33H. The third-order valence-electron chi connectivity index (χ3n) is 10.4. The monoisotopic (exact) mass is 659 g/mol. The van der Waals surface area contributed by atoms with E-state index in [0.29, 0.717) is 0 Å². The molecule has 52 heavy (non-hydrogen) atoms. The molecule has 0 atom stereocenters. The van der Waals surface area contributed by atoms with Crippen molar-refractivity contribution in [3.63, 3.8) is 0 Å². The Kier molecular flexibility index (Phi) is 7.22. The van der Waals surface area contributed by atoms with Crippen LogP contribution in [0.1, 0.15) is 0 Å². The zero-order chi connectivity index (χ0) is 34.4. The molecule has 1 heterocycles. The van der Waals surface area contributed by atoms with E-state index in [1.165, 1.54) is 65.3 Å². The number of aromatic nitrogens is 1. The second kappa shape index (κ2) is 12.5. The van der Waals surface area contributed by atoms with Crippen LogP contribution in [-0.2, 0) is 0 Å². The smallest absolute Gasteiger partial charge is 0.0715 e. The summed E-state index contributed by atoms with van der Waals surface area (Å²) in [6.07, 6.45) is 0. The van der Waals surface area contributed by atoms with Crippen LogP contribution >= 0.6 is 0 Å². The largest absolute Gasteiger partial charge is 0.248 e. The van der Waals surface area contributed by atoms with Gasteiger partial charge in [0.2, 0.25) is 0 Å². The minimum absolute atomic E-state index is 0.960. The second-order valence-corrected chi connectivity index (χ2v) is 13.5. The normalized spacial score (nSPS) is 11.5. The number of hydrogen-bond donors (Lipinski definition) is 0. The van der Waals surface area contributed by atoms with Crippen LogP contribution in [0.2, 0.25) is 0 Å². The maximum Gasteiger partial charge on any atom is 0.0715 e. The minimum Gasteiger partial charge on any atom is -0.248 e. The molecule has 0 fully saturated rings. The van der Waals surface area contributed by atoms with Crippen LogP contribution in [0.25, 0.3) is 99.0 Å². The maximum absolute atomic E-state index is 5.18. The first kappa shape index (κ1) is 30.0. The van der Waals surface area contributed by atoms with Gasteiger partial charge in [-0.15, -0.1) is 0 Å². The molecule has 10 aromatic rings. The Morgan fingerprint density at radius 3 is 1.21 bits per heavy atom. The molecule has 9 aromatic carbocycles. The Balaban J connectivity index is 1.33. The van der Waals surface area contributed by atoms with Crippen molar-refractivity contribution >= 4 is 43.1 Å². The van der Waals surface area contributed by atoms with E-state index in [1.807, 2.05) is 0 Å². The lowest BCUT2D eigenvalue weighted by Gasteiger charge is -2.20. The van der Waals surface area contributed by atoms with Crippen molar-refractivity contribution in [2.75, 3.05) is 0 Å². The SMILES string of the molecule is c1ccc(-c2cc(-c3ccc4c(-c5cccc6ccccc56)c5ccccc5c(-c5cccc6ccccc56)c4c3)cc(-c3ccccc3)n2)cc1. The van der Waals surface area contributed by atoms with Gasteiger partial charge in [0.05, 0.1) is 11.4 Å².